The number of fused-ring (bicyclic) bond motifs is 1. The molecule has 11 nitrogen and oxygen atoms in total. The van der Waals surface area contributed by atoms with Crippen LogP contribution in [0, 0.1) is 0 Å². The van der Waals surface area contributed by atoms with Crippen LogP contribution in [-0.2, 0) is 11.3 Å². The second kappa shape index (κ2) is 8.27. The maximum atomic E-state index is 10.2. The quantitative estimate of drug-likeness (QED) is 0.334. The standard InChI is InChI=1S/C18H21N5O6/c24-7-11-13(25)14(26)15(27)18(28-11)29-23-9-22-17-12(23)16(20-8-21-17)19-6-10-4-2-1-3-5-10/h1-5,8-9,11,13-15,18,24-27H,6-7H2,(H,19,20,21)/t11-,13-,14+,15-,18?/m1/s1. The Balaban J connectivity index is 1.58. The van der Waals surface area contributed by atoms with Crippen LogP contribution in [0.25, 0.3) is 11.2 Å². The second-order valence-electron chi connectivity index (χ2n) is 6.61. The van der Waals surface area contributed by atoms with E-state index in [0.29, 0.717) is 23.5 Å². The van der Waals surface area contributed by atoms with E-state index in [0.717, 1.165) is 5.56 Å². The average Bonchev–Trinajstić information content (AvgIpc) is 3.17. The Hall–Kier alpha value is -2.83. The fourth-order valence-electron chi connectivity index (χ4n) is 3.09. The zero-order valence-electron chi connectivity index (χ0n) is 15.2. The van der Waals surface area contributed by atoms with Crippen molar-refractivity contribution in [1.82, 2.24) is 19.7 Å². The van der Waals surface area contributed by atoms with Gasteiger partial charge < -0.3 is 35.3 Å². The number of anilines is 1. The van der Waals surface area contributed by atoms with Crippen molar-refractivity contribution >= 4 is 17.0 Å². The van der Waals surface area contributed by atoms with E-state index in [4.69, 9.17) is 9.57 Å². The van der Waals surface area contributed by atoms with Crippen molar-refractivity contribution < 1.29 is 30.0 Å². The molecule has 11 heteroatoms. The zero-order chi connectivity index (χ0) is 20.4. The Bertz CT molecular complexity index is 952. The van der Waals surface area contributed by atoms with Gasteiger partial charge in [-0.1, -0.05) is 30.3 Å². The molecule has 1 aliphatic heterocycles. The van der Waals surface area contributed by atoms with E-state index >= 15 is 0 Å². The Morgan fingerprint density at radius 1 is 1.03 bits per heavy atom. The van der Waals surface area contributed by atoms with E-state index in [-0.39, 0.29) is 0 Å². The molecule has 4 rings (SSSR count). The summed E-state index contributed by atoms with van der Waals surface area (Å²) in [6.07, 6.45) is -4.32. The minimum absolute atomic E-state index is 0.347. The van der Waals surface area contributed by atoms with Gasteiger partial charge in [0.15, 0.2) is 17.0 Å². The van der Waals surface area contributed by atoms with Crippen molar-refractivity contribution in [3.05, 3.63) is 48.5 Å². The number of hydrogen-bond donors (Lipinski definition) is 5. The molecule has 5 atom stereocenters. The number of nitrogens with zero attached hydrogens (tertiary/aromatic N) is 4. The van der Waals surface area contributed by atoms with E-state index in [1.54, 1.807) is 0 Å². The van der Waals surface area contributed by atoms with E-state index < -0.39 is 37.3 Å². The largest absolute Gasteiger partial charge is 0.394 e. The Morgan fingerprint density at radius 2 is 1.83 bits per heavy atom. The third-order valence-corrected chi connectivity index (χ3v) is 4.68. The van der Waals surface area contributed by atoms with Crippen molar-refractivity contribution in [3.63, 3.8) is 0 Å². The topological polar surface area (TPSA) is 155 Å². The van der Waals surface area contributed by atoms with Crippen LogP contribution in [0.2, 0.25) is 0 Å². The summed E-state index contributed by atoms with van der Waals surface area (Å²) >= 11 is 0. The normalized spacial score (nSPS) is 27.1. The first-order valence-corrected chi connectivity index (χ1v) is 9.02. The van der Waals surface area contributed by atoms with Crippen LogP contribution >= 0.6 is 0 Å². The molecule has 1 saturated heterocycles. The molecule has 1 aromatic carbocycles. The molecule has 2 aromatic heterocycles. The van der Waals surface area contributed by atoms with Crippen LogP contribution in [0.3, 0.4) is 0 Å². The predicted octanol–water partition coefficient (Wildman–Crippen LogP) is -1.33. The van der Waals surface area contributed by atoms with Crippen LogP contribution < -0.4 is 10.2 Å². The lowest BCUT2D eigenvalue weighted by Gasteiger charge is -2.39. The van der Waals surface area contributed by atoms with E-state index in [1.807, 2.05) is 30.3 Å². The minimum atomic E-state index is -1.55. The van der Waals surface area contributed by atoms with Crippen molar-refractivity contribution in [2.24, 2.45) is 0 Å². The maximum absolute atomic E-state index is 10.2. The van der Waals surface area contributed by atoms with Crippen LogP contribution in [0.5, 0.6) is 0 Å². The molecule has 154 valence electrons. The summed E-state index contributed by atoms with van der Waals surface area (Å²) in [5, 5.41) is 42.5. The molecule has 1 unspecified atom stereocenters. The highest BCUT2D eigenvalue weighted by molar-refractivity contribution is 5.82. The van der Waals surface area contributed by atoms with Crippen molar-refractivity contribution in [2.45, 2.75) is 37.3 Å². The summed E-state index contributed by atoms with van der Waals surface area (Å²) in [7, 11) is 0. The number of hydrogen-bond acceptors (Lipinski definition) is 10. The van der Waals surface area contributed by atoms with E-state index in [9.17, 15) is 20.4 Å². The molecule has 5 N–H and O–H groups in total. The number of ether oxygens (including phenoxy) is 1. The van der Waals surface area contributed by atoms with E-state index in [1.165, 1.54) is 17.4 Å². The van der Waals surface area contributed by atoms with Crippen LogP contribution in [0.1, 0.15) is 5.56 Å². The number of rotatable bonds is 6. The van der Waals surface area contributed by atoms with Gasteiger partial charge in [-0.15, -0.1) is 0 Å². The van der Waals surface area contributed by atoms with Crippen LogP contribution in [-0.4, -0.2) is 77.4 Å². The molecule has 0 radical (unpaired) electrons. The average molecular weight is 403 g/mol. The lowest BCUT2D eigenvalue weighted by atomic mass is 9.99. The summed E-state index contributed by atoms with van der Waals surface area (Å²) in [6.45, 7) is -0.0549. The van der Waals surface area contributed by atoms with E-state index in [2.05, 4.69) is 20.3 Å². The van der Waals surface area contributed by atoms with Crippen molar-refractivity contribution in [3.8, 4) is 0 Å². The SMILES string of the molecule is OC[C@H]1OC(On2cnc3ncnc(NCc4ccccc4)c32)[C@H](O)[C@@H](O)[C@@H]1O. The number of benzene rings is 1. The highest BCUT2D eigenvalue weighted by Crippen LogP contribution is 2.23. The first-order valence-electron chi connectivity index (χ1n) is 9.02. The third-order valence-electron chi connectivity index (χ3n) is 4.68. The summed E-state index contributed by atoms with van der Waals surface area (Å²) < 4.78 is 6.60. The van der Waals surface area contributed by atoms with Gasteiger partial charge in [-0.25, -0.2) is 15.0 Å². The molecule has 1 aliphatic rings. The summed E-state index contributed by atoms with van der Waals surface area (Å²) in [6, 6.07) is 9.72. The predicted molar refractivity (Wildman–Crippen MR) is 99.4 cm³/mol. The molecule has 3 heterocycles. The molecule has 3 aromatic rings. The maximum Gasteiger partial charge on any atom is 0.254 e. The molecular weight excluding hydrogens is 382 g/mol. The Morgan fingerprint density at radius 3 is 2.59 bits per heavy atom. The van der Waals surface area contributed by atoms with Gasteiger partial charge >= 0.3 is 0 Å². The summed E-state index contributed by atoms with van der Waals surface area (Å²) in [4.78, 5) is 18.1. The Kier molecular flexibility index (Phi) is 5.56. The zero-order valence-corrected chi connectivity index (χ0v) is 15.2. The second-order valence-corrected chi connectivity index (χ2v) is 6.61. The molecule has 0 aliphatic carbocycles. The molecule has 0 bridgehead atoms. The smallest absolute Gasteiger partial charge is 0.254 e. The fourth-order valence-corrected chi connectivity index (χ4v) is 3.09. The van der Waals surface area contributed by atoms with Gasteiger partial charge in [0, 0.05) is 6.54 Å². The van der Waals surface area contributed by atoms with Gasteiger partial charge in [0.2, 0.25) is 0 Å². The van der Waals surface area contributed by atoms with Crippen molar-refractivity contribution in [2.75, 3.05) is 11.9 Å². The molecule has 0 spiro atoms. The monoisotopic (exact) mass is 403 g/mol. The summed E-state index contributed by atoms with van der Waals surface area (Å²) in [5.74, 6) is 0.445. The highest BCUT2D eigenvalue weighted by atomic mass is 16.8. The first kappa shape index (κ1) is 19.5. The lowest BCUT2D eigenvalue weighted by Crippen LogP contribution is -2.61. The molecule has 1 fully saturated rings. The fraction of sp³-hybridized carbons (Fsp3) is 0.389. The number of aliphatic hydroxyl groups excluding tert-OH is 4. The third kappa shape index (κ3) is 3.86. The highest BCUT2D eigenvalue weighted by Gasteiger charge is 2.45. The number of nitrogens with one attached hydrogen (secondary N) is 1. The van der Waals surface area contributed by atoms with Gasteiger partial charge in [-0.05, 0) is 5.56 Å². The molecule has 0 saturated carbocycles. The molecule has 0 amide bonds. The van der Waals surface area contributed by atoms with Crippen LogP contribution in [0.15, 0.2) is 43.0 Å². The summed E-state index contributed by atoms with van der Waals surface area (Å²) in [5.41, 5.74) is 1.79. The van der Waals surface area contributed by atoms with Gasteiger partial charge in [0.05, 0.1) is 6.61 Å². The molecular formula is C18H21N5O6. The number of aliphatic hydroxyl groups is 4. The van der Waals surface area contributed by atoms with Gasteiger partial charge in [0.25, 0.3) is 6.29 Å². The number of imidazole rings is 1. The Labute approximate surface area is 165 Å². The lowest BCUT2D eigenvalue weighted by molar-refractivity contribution is -0.299. The van der Waals surface area contributed by atoms with Gasteiger partial charge in [-0.2, -0.15) is 4.73 Å². The number of aromatic nitrogens is 4. The van der Waals surface area contributed by atoms with Gasteiger partial charge in [0.1, 0.15) is 37.1 Å². The molecule has 29 heavy (non-hydrogen) atoms. The minimum Gasteiger partial charge on any atom is -0.394 e. The first-order chi connectivity index (χ1) is 14.1. The van der Waals surface area contributed by atoms with Crippen molar-refractivity contribution in [1.29, 1.82) is 0 Å². The van der Waals surface area contributed by atoms with Crippen LogP contribution in [0.4, 0.5) is 5.82 Å². The van der Waals surface area contributed by atoms with Gasteiger partial charge in [-0.3, -0.25) is 0 Å².